The van der Waals surface area contributed by atoms with E-state index in [4.69, 9.17) is 30.6 Å². The van der Waals surface area contributed by atoms with Crippen molar-refractivity contribution >= 4 is 17.9 Å². The lowest BCUT2D eigenvalue weighted by Crippen LogP contribution is -2.32. The largest absolute Gasteiger partial charge is 0.481 e. The van der Waals surface area contributed by atoms with Gasteiger partial charge in [-0.1, -0.05) is 90.9 Å². The molecule has 0 spiro atoms. The first-order valence-electron chi connectivity index (χ1n) is 12.6. The third-order valence-corrected chi connectivity index (χ3v) is 5.55. The average Bonchev–Trinajstić information content (AvgIpc) is 2.79. The lowest BCUT2D eigenvalue weighted by molar-refractivity contribution is -0.147. The fourth-order valence-electron chi connectivity index (χ4n) is 2.91. The van der Waals surface area contributed by atoms with Gasteiger partial charge in [-0.3, -0.25) is 14.4 Å². The van der Waals surface area contributed by atoms with E-state index < -0.39 is 29.7 Å². The summed E-state index contributed by atoms with van der Waals surface area (Å²) in [5, 5.41) is 49.9. The summed E-state index contributed by atoms with van der Waals surface area (Å²) in [4.78, 5) is 29.2. The normalized spacial score (nSPS) is 10.5. The maximum atomic E-state index is 10.3. The van der Waals surface area contributed by atoms with Crippen molar-refractivity contribution in [3.05, 3.63) is 0 Å². The van der Waals surface area contributed by atoms with Crippen molar-refractivity contribution < 1.29 is 45.0 Å². The van der Waals surface area contributed by atoms with Crippen molar-refractivity contribution in [2.75, 3.05) is 19.8 Å². The number of aliphatic hydroxyl groups excluding tert-OH is 3. The Morgan fingerprint density at radius 1 is 0.529 bits per heavy atom. The molecule has 0 heterocycles. The smallest absolute Gasteiger partial charge is 0.314 e. The number of carboxylic acid groups (broad SMARTS) is 3. The predicted molar refractivity (Wildman–Crippen MR) is 132 cm³/mol. The van der Waals surface area contributed by atoms with Crippen molar-refractivity contribution in [3.63, 3.8) is 0 Å². The Labute approximate surface area is 205 Å². The molecular weight excluding hydrogens is 444 g/mol. The van der Waals surface area contributed by atoms with E-state index in [0.29, 0.717) is 12.8 Å². The number of aliphatic carboxylic acids is 3. The molecule has 204 valence electrons. The number of rotatable bonds is 20. The minimum absolute atomic E-state index is 0.156. The Kier molecular flexibility index (Phi) is 29.8. The summed E-state index contributed by atoms with van der Waals surface area (Å²) in [6.07, 6.45) is 17.1. The third kappa shape index (κ3) is 30.3. The standard InChI is InChI=1S/C16H32O2.C6H14O3.C3H4O4/c1-2-3-4-5-6-7-8-9-10-11-12-13-14-15-16(17)18;1-2-6(3-7,4-8)5-9;4-2(5)1-3(6)7/h2-15H2,1H3,(H,17,18);7-9H,2-5H2,1H3;1H2,(H,4,5)(H,6,7). The summed E-state index contributed by atoms with van der Waals surface area (Å²) >= 11 is 0. The van der Waals surface area contributed by atoms with Crippen LogP contribution in [0.5, 0.6) is 0 Å². The van der Waals surface area contributed by atoms with Crippen LogP contribution in [0.4, 0.5) is 0 Å². The van der Waals surface area contributed by atoms with Crippen molar-refractivity contribution in [3.8, 4) is 0 Å². The molecule has 0 bridgehead atoms. The number of unbranched alkanes of at least 4 members (excludes halogenated alkanes) is 12. The third-order valence-electron chi connectivity index (χ3n) is 5.55. The van der Waals surface area contributed by atoms with E-state index in [1.165, 1.54) is 70.6 Å². The van der Waals surface area contributed by atoms with Crippen LogP contribution in [0.1, 0.15) is 117 Å². The molecule has 34 heavy (non-hydrogen) atoms. The van der Waals surface area contributed by atoms with Gasteiger partial charge in [0.15, 0.2) is 0 Å². The maximum Gasteiger partial charge on any atom is 0.314 e. The van der Waals surface area contributed by atoms with Crippen LogP contribution in [0, 0.1) is 5.41 Å². The van der Waals surface area contributed by atoms with Crippen molar-refractivity contribution in [2.24, 2.45) is 5.41 Å². The topological polar surface area (TPSA) is 173 Å². The van der Waals surface area contributed by atoms with Gasteiger partial charge >= 0.3 is 17.9 Å². The Bertz CT molecular complexity index is 447. The Balaban J connectivity index is -0.000000497. The van der Waals surface area contributed by atoms with Gasteiger partial charge < -0.3 is 30.6 Å². The summed E-state index contributed by atoms with van der Waals surface area (Å²) in [7, 11) is 0. The first-order chi connectivity index (χ1) is 16.1. The summed E-state index contributed by atoms with van der Waals surface area (Å²) in [6, 6.07) is 0. The number of hydrogen-bond donors (Lipinski definition) is 6. The van der Waals surface area contributed by atoms with E-state index in [-0.39, 0.29) is 19.8 Å². The highest BCUT2D eigenvalue weighted by atomic mass is 16.4. The fourth-order valence-corrected chi connectivity index (χ4v) is 2.91. The van der Waals surface area contributed by atoms with Crippen LogP contribution in [0.15, 0.2) is 0 Å². The zero-order valence-corrected chi connectivity index (χ0v) is 21.3. The molecule has 0 amide bonds. The molecule has 0 fully saturated rings. The number of hydrogen-bond acceptors (Lipinski definition) is 6. The van der Waals surface area contributed by atoms with Crippen molar-refractivity contribution in [1.29, 1.82) is 0 Å². The molecule has 6 N–H and O–H groups in total. The van der Waals surface area contributed by atoms with Gasteiger partial charge in [-0.25, -0.2) is 0 Å². The average molecular weight is 495 g/mol. The highest BCUT2D eigenvalue weighted by molar-refractivity contribution is 5.88. The summed E-state index contributed by atoms with van der Waals surface area (Å²) in [5.74, 6) is -3.28. The number of carboxylic acids is 3. The quantitative estimate of drug-likeness (QED) is 0.105. The summed E-state index contributed by atoms with van der Waals surface area (Å²) < 4.78 is 0. The minimum atomic E-state index is -1.31. The monoisotopic (exact) mass is 494 g/mol. The summed E-state index contributed by atoms with van der Waals surface area (Å²) in [5.41, 5.74) is -0.667. The van der Waals surface area contributed by atoms with Gasteiger partial charge in [0.1, 0.15) is 6.42 Å². The highest BCUT2D eigenvalue weighted by Gasteiger charge is 2.24. The van der Waals surface area contributed by atoms with E-state index in [1.807, 2.05) is 6.92 Å². The van der Waals surface area contributed by atoms with Gasteiger partial charge in [-0.15, -0.1) is 0 Å². The zero-order chi connectivity index (χ0) is 26.7. The fraction of sp³-hybridized carbons (Fsp3) is 0.880. The van der Waals surface area contributed by atoms with Gasteiger partial charge in [0.25, 0.3) is 0 Å². The van der Waals surface area contributed by atoms with Crippen LogP contribution >= 0.6 is 0 Å². The van der Waals surface area contributed by atoms with E-state index in [0.717, 1.165) is 12.8 Å². The summed E-state index contributed by atoms with van der Waals surface area (Å²) in [6.45, 7) is 3.61. The van der Waals surface area contributed by atoms with Crippen molar-refractivity contribution in [2.45, 2.75) is 117 Å². The molecule has 0 aromatic carbocycles. The molecule has 0 saturated heterocycles. The van der Waals surface area contributed by atoms with E-state index >= 15 is 0 Å². The molecule has 0 radical (unpaired) electrons. The van der Waals surface area contributed by atoms with E-state index in [2.05, 4.69) is 6.92 Å². The van der Waals surface area contributed by atoms with Crippen molar-refractivity contribution in [1.82, 2.24) is 0 Å². The second-order valence-electron chi connectivity index (χ2n) is 8.68. The second kappa shape index (κ2) is 27.5. The molecule has 9 heteroatoms. The molecule has 0 aromatic rings. The van der Waals surface area contributed by atoms with Gasteiger partial charge in [-0.05, 0) is 12.8 Å². The Morgan fingerprint density at radius 2 is 0.853 bits per heavy atom. The molecule has 0 aromatic heterocycles. The van der Waals surface area contributed by atoms with Gasteiger partial charge in [0.2, 0.25) is 0 Å². The Morgan fingerprint density at radius 3 is 1.03 bits per heavy atom. The van der Waals surface area contributed by atoms with Crippen LogP contribution in [0.2, 0.25) is 0 Å². The molecular formula is C25H50O9. The SMILES string of the molecule is CCC(CO)(CO)CO.CCCCCCCCCCCCCCCC(=O)O.O=C(O)CC(=O)O. The molecule has 0 aliphatic rings. The Hall–Kier alpha value is -1.71. The first kappa shape index (κ1) is 36.9. The molecule has 9 nitrogen and oxygen atoms in total. The first-order valence-corrected chi connectivity index (χ1v) is 12.6. The lowest BCUT2D eigenvalue weighted by Gasteiger charge is -2.24. The van der Waals surface area contributed by atoms with Crippen LogP contribution in [0.3, 0.4) is 0 Å². The van der Waals surface area contributed by atoms with Crippen LogP contribution in [-0.2, 0) is 14.4 Å². The highest BCUT2D eigenvalue weighted by Crippen LogP contribution is 2.18. The molecule has 0 saturated carbocycles. The van der Waals surface area contributed by atoms with E-state index in [1.54, 1.807) is 0 Å². The van der Waals surface area contributed by atoms with Gasteiger partial charge in [0, 0.05) is 11.8 Å². The van der Waals surface area contributed by atoms with Crippen LogP contribution in [-0.4, -0.2) is 68.4 Å². The molecule has 0 aliphatic heterocycles. The molecule has 0 aliphatic carbocycles. The predicted octanol–water partition coefficient (Wildman–Crippen LogP) is 4.46. The van der Waals surface area contributed by atoms with E-state index in [9.17, 15) is 14.4 Å². The van der Waals surface area contributed by atoms with Crippen LogP contribution < -0.4 is 0 Å². The number of carbonyl (C=O) groups is 3. The van der Waals surface area contributed by atoms with Crippen LogP contribution in [0.25, 0.3) is 0 Å². The molecule has 0 unspecified atom stereocenters. The molecule has 0 atom stereocenters. The van der Waals surface area contributed by atoms with Gasteiger partial charge in [-0.2, -0.15) is 0 Å². The lowest BCUT2D eigenvalue weighted by atomic mass is 9.88. The second-order valence-corrected chi connectivity index (χ2v) is 8.68. The minimum Gasteiger partial charge on any atom is -0.481 e. The maximum absolute atomic E-state index is 10.3. The molecule has 0 rings (SSSR count). The zero-order valence-electron chi connectivity index (χ0n) is 21.3. The number of aliphatic hydroxyl groups is 3. The van der Waals surface area contributed by atoms with Gasteiger partial charge in [0.05, 0.1) is 19.8 Å².